The molecule has 0 amide bonds. The van der Waals surface area contributed by atoms with Crippen LogP contribution in [0.25, 0.3) is 27.8 Å². The van der Waals surface area contributed by atoms with Crippen LogP contribution in [0.15, 0.2) is 54.7 Å². The van der Waals surface area contributed by atoms with Crippen LogP contribution in [0.2, 0.25) is 0 Å². The Morgan fingerprint density at radius 2 is 1.89 bits per heavy atom. The second-order valence-electron chi connectivity index (χ2n) is 6.68. The summed E-state index contributed by atoms with van der Waals surface area (Å²) in [4.78, 5) is 4.42. The normalized spacial score (nSPS) is 11.5. The molecule has 0 aliphatic carbocycles. The Morgan fingerprint density at radius 3 is 2.70 bits per heavy atom. The van der Waals surface area contributed by atoms with Gasteiger partial charge in [-0.3, -0.25) is 4.98 Å². The van der Waals surface area contributed by atoms with Crippen molar-refractivity contribution >= 4 is 16.6 Å². The van der Waals surface area contributed by atoms with E-state index < -0.39 is 0 Å². The van der Waals surface area contributed by atoms with Crippen molar-refractivity contribution in [1.29, 1.82) is 0 Å². The fourth-order valence-electron chi connectivity index (χ4n) is 3.43. The van der Waals surface area contributed by atoms with Crippen LogP contribution in [-0.4, -0.2) is 15.9 Å². The van der Waals surface area contributed by atoms with E-state index in [0.29, 0.717) is 17.6 Å². The average molecular weight is 365 g/mol. The molecule has 2 heterocycles. The Morgan fingerprint density at radius 1 is 1.04 bits per heavy atom. The Labute approximate surface area is 156 Å². The number of fused-ring (bicyclic) bond motifs is 3. The molecule has 0 aliphatic rings. The third kappa shape index (κ3) is 3.30. The van der Waals surface area contributed by atoms with E-state index in [4.69, 9.17) is 0 Å². The zero-order valence-electron chi connectivity index (χ0n) is 15.2. The average Bonchev–Trinajstić information content (AvgIpc) is 3.04. The highest BCUT2D eigenvalue weighted by Crippen LogP contribution is 2.31. The summed E-state index contributed by atoms with van der Waals surface area (Å²) in [7, 11) is 0. The Kier molecular flexibility index (Phi) is 4.86. The largest absolute Gasteiger partial charge is 0.313 e. The lowest BCUT2D eigenvalue weighted by molar-refractivity contribution is 0.628. The Bertz CT molecular complexity index is 1100. The lowest BCUT2D eigenvalue weighted by Gasteiger charge is -2.08. The van der Waals surface area contributed by atoms with E-state index in [2.05, 4.69) is 17.2 Å². The number of hydrogen-bond acceptors (Lipinski definition) is 2. The summed E-state index contributed by atoms with van der Waals surface area (Å²) in [6.07, 6.45) is 3.97. The van der Waals surface area contributed by atoms with Crippen LogP contribution in [0.5, 0.6) is 0 Å². The third-order valence-corrected chi connectivity index (χ3v) is 4.80. The van der Waals surface area contributed by atoms with Gasteiger partial charge in [0.2, 0.25) is 0 Å². The molecule has 0 radical (unpaired) electrons. The summed E-state index contributed by atoms with van der Waals surface area (Å²) in [6.45, 7) is 3.75. The molecule has 2 aromatic heterocycles. The molecule has 0 aliphatic heterocycles. The number of benzene rings is 2. The fourth-order valence-corrected chi connectivity index (χ4v) is 3.43. The van der Waals surface area contributed by atoms with Crippen LogP contribution in [0.4, 0.5) is 8.78 Å². The molecule has 0 spiro atoms. The molecule has 0 saturated carbocycles. The van der Waals surface area contributed by atoms with E-state index in [0.717, 1.165) is 41.7 Å². The van der Waals surface area contributed by atoms with Crippen molar-refractivity contribution in [2.24, 2.45) is 0 Å². The van der Waals surface area contributed by atoms with E-state index in [1.54, 1.807) is 24.4 Å². The van der Waals surface area contributed by atoms with E-state index in [1.807, 2.05) is 16.5 Å². The first-order chi connectivity index (χ1) is 13.2. The molecule has 4 aromatic rings. The van der Waals surface area contributed by atoms with Gasteiger partial charge in [-0.05, 0) is 48.9 Å². The molecular formula is C22H21F2N3. The topological polar surface area (TPSA) is 29.3 Å². The Balaban J connectivity index is 1.93. The molecule has 2 aromatic carbocycles. The molecule has 27 heavy (non-hydrogen) atoms. The summed E-state index contributed by atoms with van der Waals surface area (Å²) < 4.78 is 30.1. The number of hydrogen-bond donors (Lipinski definition) is 1. The second kappa shape index (κ2) is 7.45. The van der Waals surface area contributed by atoms with E-state index in [-0.39, 0.29) is 11.6 Å². The third-order valence-electron chi connectivity index (χ3n) is 4.80. The molecule has 0 atom stereocenters. The highest BCUT2D eigenvalue weighted by molar-refractivity contribution is 5.84. The molecular weight excluding hydrogens is 344 g/mol. The van der Waals surface area contributed by atoms with Gasteiger partial charge in [0.15, 0.2) is 0 Å². The first kappa shape index (κ1) is 17.6. The van der Waals surface area contributed by atoms with Crippen LogP contribution in [0, 0.1) is 11.6 Å². The van der Waals surface area contributed by atoms with Crippen LogP contribution >= 0.6 is 0 Å². The van der Waals surface area contributed by atoms with Crippen molar-refractivity contribution in [2.75, 3.05) is 6.54 Å². The van der Waals surface area contributed by atoms with Crippen molar-refractivity contribution in [1.82, 2.24) is 14.7 Å². The van der Waals surface area contributed by atoms with Gasteiger partial charge < -0.3 is 9.72 Å². The quantitative estimate of drug-likeness (QED) is 0.469. The smallest absolute Gasteiger partial charge is 0.132 e. The maximum atomic E-state index is 14.5. The van der Waals surface area contributed by atoms with Gasteiger partial charge in [-0.15, -0.1) is 0 Å². The predicted molar refractivity (Wildman–Crippen MR) is 105 cm³/mol. The number of aromatic nitrogens is 2. The van der Waals surface area contributed by atoms with Gasteiger partial charge in [0.1, 0.15) is 11.6 Å². The first-order valence-corrected chi connectivity index (χ1v) is 9.23. The van der Waals surface area contributed by atoms with Crippen LogP contribution in [0.3, 0.4) is 0 Å². The van der Waals surface area contributed by atoms with Crippen LogP contribution in [0.1, 0.15) is 25.3 Å². The fraction of sp³-hybridized carbons (Fsp3) is 0.227. The van der Waals surface area contributed by atoms with Gasteiger partial charge in [-0.25, -0.2) is 8.78 Å². The van der Waals surface area contributed by atoms with Crippen molar-refractivity contribution in [3.63, 3.8) is 0 Å². The second-order valence-corrected chi connectivity index (χ2v) is 6.68. The molecule has 1 N–H and O–H groups in total. The van der Waals surface area contributed by atoms with Gasteiger partial charge in [0.05, 0.1) is 28.4 Å². The minimum Gasteiger partial charge on any atom is -0.313 e. The minimum absolute atomic E-state index is 0.283. The molecule has 5 heteroatoms. The summed E-state index contributed by atoms with van der Waals surface area (Å²) in [5.74, 6) is -0.620. The van der Waals surface area contributed by atoms with Gasteiger partial charge >= 0.3 is 0 Å². The Hall–Kier alpha value is -2.79. The maximum Gasteiger partial charge on any atom is 0.132 e. The lowest BCUT2D eigenvalue weighted by atomic mass is 10.1. The zero-order chi connectivity index (χ0) is 18.8. The summed E-state index contributed by atoms with van der Waals surface area (Å²) in [5.41, 5.74) is 4.51. The number of halogens is 2. The number of nitrogens with zero attached hydrogens (tertiary/aromatic N) is 2. The van der Waals surface area contributed by atoms with E-state index in [1.165, 1.54) is 18.2 Å². The highest BCUT2D eigenvalue weighted by atomic mass is 19.1. The van der Waals surface area contributed by atoms with Crippen molar-refractivity contribution < 1.29 is 8.78 Å². The first-order valence-electron chi connectivity index (χ1n) is 9.23. The SMILES string of the molecule is CCCCNCc1cc(-c2ccccc2F)n2c1cnc1cc(F)ccc12. The molecule has 0 saturated heterocycles. The molecule has 3 nitrogen and oxygen atoms in total. The van der Waals surface area contributed by atoms with E-state index >= 15 is 0 Å². The predicted octanol–water partition coefficient (Wildman–Crippen LogP) is 5.32. The van der Waals surface area contributed by atoms with Crippen molar-refractivity contribution in [3.05, 3.63) is 71.9 Å². The van der Waals surface area contributed by atoms with Crippen LogP contribution in [-0.2, 0) is 6.54 Å². The van der Waals surface area contributed by atoms with Gasteiger partial charge in [0, 0.05) is 18.2 Å². The lowest BCUT2D eigenvalue weighted by Crippen LogP contribution is -2.14. The number of rotatable bonds is 6. The summed E-state index contributed by atoms with van der Waals surface area (Å²) in [5, 5.41) is 3.44. The van der Waals surface area contributed by atoms with Gasteiger partial charge in [-0.1, -0.05) is 25.5 Å². The number of nitrogens with one attached hydrogen (secondary N) is 1. The highest BCUT2D eigenvalue weighted by Gasteiger charge is 2.16. The monoisotopic (exact) mass is 365 g/mol. The van der Waals surface area contributed by atoms with Crippen molar-refractivity contribution in [2.45, 2.75) is 26.3 Å². The summed E-state index contributed by atoms with van der Waals surface area (Å²) in [6, 6.07) is 13.2. The molecule has 0 unspecified atom stereocenters. The molecule has 138 valence electrons. The van der Waals surface area contributed by atoms with Crippen LogP contribution < -0.4 is 5.32 Å². The summed E-state index contributed by atoms with van der Waals surface area (Å²) >= 11 is 0. The minimum atomic E-state index is -0.338. The molecule has 4 rings (SSSR count). The van der Waals surface area contributed by atoms with Gasteiger partial charge in [-0.2, -0.15) is 0 Å². The molecule has 0 fully saturated rings. The molecule has 0 bridgehead atoms. The maximum absolute atomic E-state index is 14.5. The van der Waals surface area contributed by atoms with Gasteiger partial charge in [0.25, 0.3) is 0 Å². The number of unbranched alkanes of at least 4 members (excludes halogenated alkanes) is 1. The standard InChI is InChI=1S/C22H21F2N3/c1-2-3-10-25-13-15-11-21(17-6-4-5-7-18(17)24)27-20-9-8-16(23)12-19(20)26-14-22(15)27/h4-9,11-12,14,25H,2-3,10,13H2,1H3. The van der Waals surface area contributed by atoms with E-state index in [9.17, 15) is 8.78 Å². The zero-order valence-corrected chi connectivity index (χ0v) is 15.2. The van der Waals surface area contributed by atoms with Crippen molar-refractivity contribution in [3.8, 4) is 11.3 Å².